The van der Waals surface area contributed by atoms with Crippen LogP contribution in [0.2, 0.25) is 0 Å². The molecule has 3 amide bonds. The highest BCUT2D eigenvalue weighted by Crippen LogP contribution is 2.41. The maximum atomic E-state index is 13.3. The maximum absolute atomic E-state index is 13.3. The highest BCUT2D eigenvalue weighted by Gasteiger charge is 2.53. The number of hydrogen-bond acceptors (Lipinski definition) is 14. The number of nitrogens with zero attached hydrogens (tertiary/aromatic N) is 5. The molecule has 18 heteroatoms. The van der Waals surface area contributed by atoms with Crippen LogP contribution in [-0.4, -0.2) is 79.8 Å². The Bertz CT molecular complexity index is 1690. The van der Waals surface area contributed by atoms with Crippen molar-refractivity contribution in [2.24, 2.45) is 12.2 Å². The fraction of sp³-hybridized carbons (Fsp3) is 0.333. The third-order valence-electron chi connectivity index (χ3n) is 6.72. The van der Waals surface area contributed by atoms with Gasteiger partial charge < -0.3 is 31.1 Å². The number of rotatable bonds is 9. The van der Waals surface area contributed by atoms with Crippen molar-refractivity contribution in [2.75, 3.05) is 23.8 Å². The van der Waals surface area contributed by atoms with Crippen LogP contribution in [0.15, 0.2) is 44.5 Å². The van der Waals surface area contributed by atoms with Gasteiger partial charge in [-0.25, -0.2) is 9.97 Å². The van der Waals surface area contributed by atoms with E-state index in [1.54, 1.807) is 6.20 Å². The molecule has 3 aromatic rings. The minimum atomic E-state index is -1.46. The minimum absolute atomic E-state index is 0.118. The van der Waals surface area contributed by atoms with E-state index in [9.17, 15) is 24.3 Å². The summed E-state index contributed by atoms with van der Waals surface area (Å²) in [5, 5.41) is 22.4. The lowest BCUT2D eigenvalue weighted by Gasteiger charge is -2.50. The first-order valence-corrected chi connectivity index (χ1v) is 16.2. The SMILES string of the molecule is C[n+]1c(SCC2=C(C(=O)[O-])N3C(=O)[C@@H](NC(=O)/C(=N\O[C@H]4CCNC4=O)c4csc(N)n4)[C@H]3SC2)sc2ncccc21. The number of nitrogens with one attached hydrogen (secondary N) is 2. The van der Waals surface area contributed by atoms with E-state index >= 15 is 0 Å². The van der Waals surface area contributed by atoms with E-state index in [0.29, 0.717) is 30.0 Å². The summed E-state index contributed by atoms with van der Waals surface area (Å²) in [5.74, 6) is -2.52. The largest absolute Gasteiger partial charge is 0.543 e. The standard InChI is InChI=1S/C24H22N8O6S4/c1-31-12-3-2-5-27-19(12)42-24(31)41-8-10-7-39-21-15(20(35)32(21)16(10)22(36)37)29-18(34)14(11-9-40-23(25)28-11)30-38-13-4-6-26-17(13)33/h2-3,5,9,13,15,21H,4,6-8H2,1H3,(H4-,25,26,28,29,33,34,36,37)/b30-14-/t13-,15+,21+/m0/s1. The number of thioether (sulfide) groups is 2. The Balaban J connectivity index is 1.18. The molecule has 0 saturated carbocycles. The van der Waals surface area contributed by atoms with Crippen LogP contribution < -0.4 is 26.0 Å². The quantitative estimate of drug-likeness (QED) is 0.0845. The lowest BCUT2D eigenvalue weighted by atomic mass is 10.0. The third-order valence-corrected chi connectivity index (χ3v) is 11.3. The lowest BCUT2D eigenvalue weighted by molar-refractivity contribution is -0.676. The number of carbonyl (C=O) groups excluding carboxylic acids is 4. The third kappa shape index (κ3) is 5.18. The molecule has 0 bridgehead atoms. The fourth-order valence-electron chi connectivity index (χ4n) is 4.62. The molecule has 3 atom stereocenters. The number of carboxylic acid groups (broad SMARTS) is 1. The number of oxime groups is 1. The van der Waals surface area contributed by atoms with E-state index < -0.39 is 35.3 Å². The molecule has 4 N–H and O–H groups in total. The normalized spacial score (nSPS) is 22.2. The van der Waals surface area contributed by atoms with Crippen LogP contribution in [0, 0.1) is 0 Å². The summed E-state index contributed by atoms with van der Waals surface area (Å²) in [6.45, 7) is 0.421. The second-order valence-corrected chi connectivity index (χ2v) is 13.5. The zero-order valence-corrected chi connectivity index (χ0v) is 25.0. The molecule has 3 aromatic heterocycles. The number of β-lactam (4-membered cyclic amide) rings is 1. The van der Waals surface area contributed by atoms with Gasteiger partial charge in [-0.05, 0) is 34.7 Å². The molecular formula is C24H22N8O6S4. The Morgan fingerprint density at radius 3 is 2.93 bits per heavy atom. The average Bonchev–Trinajstić information content (AvgIpc) is 3.68. The number of aryl methyl sites for hydroxylation is 1. The van der Waals surface area contributed by atoms with Gasteiger partial charge in [0.25, 0.3) is 22.1 Å². The van der Waals surface area contributed by atoms with E-state index in [-0.39, 0.29) is 28.1 Å². The molecular weight excluding hydrogens is 625 g/mol. The number of aromatic nitrogens is 3. The van der Waals surface area contributed by atoms with E-state index in [1.807, 2.05) is 23.7 Å². The molecule has 6 heterocycles. The van der Waals surface area contributed by atoms with Crippen molar-refractivity contribution in [3.63, 3.8) is 0 Å². The lowest BCUT2D eigenvalue weighted by Crippen LogP contribution is -2.71. The monoisotopic (exact) mass is 646 g/mol. The Morgan fingerprint density at radius 1 is 1.40 bits per heavy atom. The molecule has 2 fully saturated rings. The van der Waals surface area contributed by atoms with Gasteiger partial charge in [0.2, 0.25) is 11.6 Å². The van der Waals surface area contributed by atoms with Gasteiger partial charge in [0.1, 0.15) is 24.2 Å². The van der Waals surface area contributed by atoms with Crippen LogP contribution in [0.5, 0.6) is 0 Å². The van der Waals surface area contributed by atoms with Gasteiger partial charge in [-0.1, -0.05) is 5.16 Å². The van der Waals surface area contributed by atoms with Gasteiger partial charge in [0.05, 0.1) is 11.7 Å². The van der Waals surface area contributed by atoms with E-state index in [1.165, 1.54) is 40.2 Å². The molecule has 3 aliphatic heterocycles. The van der Waals surface area contributed by atoms with Crippen molar-refractivity contribution in [3.05, 3.63) is 40.7 Å². The van der Waals surface area contributed by atoms with Gasteiger partial charge in [-0.15, -0.1) is 23.1 Å². The summed E-state index contributed by atoms with van der Waals surface area (Å²) in [4.78, 5) is 66.4. The number of anilines is 1. The van der Waals surface area contributed by atoms with Crippen LogP contribution in [0.1, 0.15) is 12.1 Å². The first-order valence-electron chi connectivity index (χ1n) is 12.5. The van der Waals surface area contributed by atoms with Crippen LogP contribution in [0.25, 0.3) is 10.3 Å². The van der Waals surface area contributed by atoms with Gasteiger partial charge in [-0.3, -0.25) is 19.3 Å². The number of nitrogens with two attached hydrogens (primary N) is 1. The topological polar surface area (TPSA) is 196 Å². The summed E-state index contributed by atoms with van der Waals surface area (Å²) in [6, 6.07) is 2.79. The molecule has 3 aliphatic rings. The molecule has 0 radical (unpaired) electrons. The number of carbonyl (C=O) groups is 4. The van der Waals surface area contributed by atoms with Gasteiger partial charge >= 0.3 is 0 Å². The molecule has 2 saturated heterocycles. The number of amides is 3. The predicted molar refractivity (Wildman–Crippen MR) is 154 cm³/mol. The van der Waals surface area contributed by atoms with Crippen molar-refractivity contribution in [2.45, 2.75) is 28.3 Å². The number of hydrogen-bond donors (Lipinski definition) is 3. The fourth-order valence-corrected chi connectivity index (χ4v) is 8.95. The van der Waals surface area contributed by atoms with E-state index in [4.69, 9.17) is 10.6 Å². The molecule has 218 valence electrons. The summed E-state index contributed by atoms with van der Waals surface area (Å²) >= 11 is 5.38. The Hall–Kier alpha value is -3.74. The maximum Gasteiger partial charge on any atom is 0.299 e. The van der Waals surface area contributed by atoms with Gasteiger partial charge in [-0.2, -0.15) is 4.57 Å². The Kier molecular flexibility index (Phi) is 7.77. The van der Waals surface area contributed by atoms with Crippen molar-refractivity contribution in [3.8, 4) is 0 Å². The summed E-state index contributed by atoms with van der Waals surface area (Å²) < 4.78 is 2.93. The number of fused-ring (bicyclic) bond motifs is 2. The van der Waals surface area contributed by atoms with Crippen LogP contribution in [0.4, 0.5) is 5.13 Å². The number of pyridine rings is 1. The van der Waals surface area contributed by atoms with Gasteiger partial charge in [0.15, 0.2) is 15.7 Å². The predicted octanol–water partition coefficient (Wildman–Crippen LogP) is -1.04. The van der Waals surface area contributed by atoms with Crippen molar-refractivity contribution in [1.82, 2.24) is 25.5 Å². The van der Waals surface area contributed by atoms with Crippen molar-refractivity contribution >= 4 is 91.1 Å². The first kappa shape index (κ1) is 28.4. The number of aliphatic carboxylic acids is 1. The minimum Gasteiger partial charge on any atom is -0.543 e. The van der Waals surface area contributed by atoms with E-state index in [2.05, 4.69) is 25.8 Å². The van der Waals surface area contributed by atoms with Crippen molar-refractivity contribution < 1.29 is 33.7 Å². The van der Waals surface area contributed by atoms with Crippen LogP contribution in [0.3, 0.4) is 0 Å². The molecule has 0 unspecified atom stereocenters. The molecule has 14 nitrogen and oxygen atoms in total. The summed E-state index contributed by atoms with van der Waals surface area (Å²) in [5.41, 5.74) is 6.93. The zero-order chi connectivity index (χ0) is 29.5. The first-order chi connectivity index (χ1) is 20.2. The summed E-state index contributed by atoms with van der Waals surface area (Å²) in [7, 11) is 1.92. The number of thiazole rings is 2. The smallest absolute Gasteiger partial charge is 0.299 e. The molecule has 0 spiro atoms. The summed E-state index contributed by atoms with van der Waals surface area (Å²) in [6.07, 6.45) is 1.23. The average molecular weight is 647 g/mol. The highest BCUT2D eigenvalue weighted by molar-refractivity contribution is 8.01. The number of nitrogen functional groups attached to an aromatic ring is 1. The molecule has 0 aliphatic carbocycles. The number of carboxylic acids is 1. The highest BCUT2D eigenvalue weighted by atomic mass is 32.2. The van der Waals surface area contributed by atoms with Crippen LogP contribution in [-0.2, 0) is 31.1 Å². The van der Waals surface area contributed by atoms with E-state index in [0.717, 1.165) is 30.9 Å². The molecule has 42 heavy (non-hydrogen) atoms. The molecule has 0 aromatic carbocycles. The van der Waals surface area contributed by atoms with Gasteiger partial charge in [0, 0.05) is 42.1 Å². The Labute approximate surface area is 254 Å². The molecule has 6 rings (SSSR count). The van der Waals surface area contributed by atoms with Crippen molar-refractivity contribution in [1.29, 1.82) is 0 Å². The Morgan fingerprint density at radius 2 is 2.24 bits per heavy atom. The second-order valence-electron chi connectivity index (χ2n) is 9.33. The zero-order valence-electron chi connectivity index (χ0n) is 21.8. The second kappa shape index (κ2) is 11.5. The van der Waals surface area contributed by atoms with Crippen LogP contribution >= 0.6 is 46.2 Å².